The zero-order chi connectivity index (χ0) is 19.0. The van der Waals surface area contributed by atoms with Crippen LogP contribution in [0.3, 0.4) is 0 Å². The second-order valence-electron chi connectivity index (χ2n) is 6.65. The van der Waals surface area contributed by atoms with Crippen molar-refractivity contribution in [3.05, 3.63) is 59.9 Å². The molecule has 0 unspecified atom stereocenters. The van der Waals surface area contributed by atoms with Gasteiger partial charge in [-0.2, -0.15) is 8.42 Å². The van der Waals surface area contributed by atoms with Crippen LogP contribution in [0.5, 0.6) is 0 Å². The predicted molar refractivity (Wildman–Crippen MR) is 99.5 cm³/mol. The molecule has 0 saturated carbocycles. The number of halogens is 1. The molecule has 0 radical (unpaired) electrons. The van der Waals surface area contributed by atoms with Crippen LogP contribution in [-0.4, -0.2) is 38.2 Å². The molecule has 1 N–H and O–H groups in total. The molecule has 2 aromatic rings. The van der Waals surface area contributed by atoms with E-state index in [0.717, 1.165) is 0 Å². The van der Waals surface area contributed by atoms with Gasteiger partial charge in [0, 0.05) is 30.3 Å². The van der Waals surface area contributed by atoms with Gasteiger partial charge in [-0.05, 0) is 43.2 Å². The first-order valence-electron chi connectivity index (χ1n) is 8.70. The van der Waals surface area contributed by atoms with Crippen LogP contribution in [0.2, 0.25) is 0 Å². The zero-order valence-electron chi connectivity index (χ0n) is 14.4. The Morgan fingerprint density at radius 2 is 1.85 bits per heavy atom. The number of nitrogens with one attached hydrogen (secondary N) is 1. The number of hydrogen-bond acceptors (Lipinski definition) is 4. The van der Waals surface area contributed by atoms with Crippen molar-refractivity contribution >= 4 is 27.5 Å². The summed E-state index contributed by atoms with van der Waals surface area (Å²) in [5.41, 5.74) is 1.04. The average Bonchev–Trinajstić information content (AvgIpc) is 2.93. The minimum atomic E-state index is -3.65. The number of piperidine rings is 1. The van der Waals surface area contributed by atoms with Gasteiger partial charge in [0.25, 0.3) is 10.0 Å². The lowest BCUT2D eigenvalue weighted by Gasteiger charge is -2.32. The van der Waals surface area contributed by atoms with E-state index in [4.69, 9.17) is 0 Å². The molecule has 0 aliphatic carbocycles. The Kier molecular flexibility index (Phi) is 4.43. The number of benzene rings is 2. The fourth-order valence-electron chi connectivity index (χ4n) is 3.48. The lowest BCUT2D eigenvalue weighted by Crippen LogP contribution is -2.41. The summed E-state index contributed by atoms with van der Waals surface area (Å²) >= 11 is 0. The van der Waals surface area contributed by atoms with Crippen LogP contribution in [-0.2, 0) is 14.8 Å². The van der Waals surface area contributed by atoms with Gasteiger partial charge in [-0.25, -0.2) is 4.39 Å². The summed E-state index contributed by atoms with van der Waals surface area (Å²) in [4.78, 5) is 14.6. The summed E-state index contributed by atoms with van der Waals surface area (Å²) in [6.45, 7) is 1.06. The molecule has 0 aromatic heterocycles. The topological polar surface area (TPSA) is 78.8 Å². The second kappa shape index (κ2) is 6.77. The van der Waals surface area contributed by atoms with Crippen LogP contribution >= 0.6 is 0 Å². The van der Waals surface area contributed by atoms with Crippen LogP contribution in [0.25, 0.3) is 0 Å². The normalized spacial score (nSPS) is 18.7. The number of anilines is 1. The number of carbonyl (C=O) groups excluding carboxylic acids is 1. The summed E-state index contributed by atoms with van der Waals surface area (Å²) in [6, 6.07) is 12.6. The largest absolute Gasteiger partial charge is 0.355 e. The van der Waals surface area contributed by atoms with Gasteiger partial charge in [0.1, 0.15) is 10.7 Å². The molecule has 140 valence electrons. The van der Waals surface area contributed by atoms with Gasteiger partial charge in [-0.3, -0.25) is 4.79 Å². The van der Waals surface area contributed by atoms with Gasteiger partial charge in [0.15, 0.2) is 5.84 Å². The fraction of sp³-hybridized carbons (Fsp3) is 0.263. The second-order valence-corrected chi connectivity index (χ2v) is 8.22. The van der Waals surface area contributed by atoms with Gasteiger partial charge in [0.2, 0.25) is 5.91 Å². The summed E-state index contributed by atoms with van der Waals surface area (Å²) in [5, 5.41) is 2.74. The third-order valence-corrected chi connectivity index (χ3v) is 6.20. The molecule has 1 fully saturated rings. The monoisotopic (exact) mass is 387 g/mol. The van der Waals surface area contributed by atoms with Crippen molar-refractivity contribution < 1.29 is 17.6 Å². The Balaban J connectivity index is 1.43. The van der Waals surface area contributed by atoms with Gasteiger partial charge in [-0.1, -0.05) is 18.2 Å². The van der Waals surface area contributed by atoms with E-state index in [2.05, 4.69) is 9.71 Å². The molecule has 4 rings (SSSR count). The maximum atomic E-state index is 13.2. The van der Waals surface area contributed by atoms with E-state index in [0.29, 0.717) is 43.0 Å². The van der Waals surface area contributed by atoms with Crippen molar-refractivity contribution in [1.82, 2.24) is 4.90 Å². The van der Waals surface area contributed by atoms with Gasteiger partial charge >= 0.3 is 0 Å². The number of fused-ring (bicyclic) bond motifs is 1. The molecular weight excluding hydrogens is 369 g/mol. The smallest absolute Gasteiger partial charge is 0.285 e. The third-order valence-electron chi connectivity index (χ3n) is 4.87. The summed E-state index contributed by atoms with van der Waals surface area (Å²) in [5.74, 6) is -0.309. The Labute approximate surface area is 156 Å². The van der Waals surface area contributed by atoms with Crippen molar-refractivity contribution in [1.29, 1.82) is 0 Å². The van der Waals surface area contributed by atoms with Crippen molar-refractivity contribution in [3.8, 4) is 0 Å². The zero-order valence-corrected chi connectivity index (χ0v) is 15.2. The summed E-state index contributed by atoms with van der Waals surface area (Å²) in [7, 11) is -3.65. The Hall–Kier alpha value is -2.74. The lowest BCUT2D eigenvalue weighted by atomic mass is 9.95. The van der Waals surface area contributed by atoms with Crippen LogP contribution in [0.4, 0.5) is 10.1 Å². The first-order chi connectivity index (χ1) is 12.9. The summed E-state index contributed by atoms with van der Waals surface area (Å²) < 4.78 is 41.6. The maximum Gasteiger partial charge on any atom is 0.285 e. The molecule has 1 saturated heterocycles. The Morgan fingerprint density at radius 3 is 2.59 bits per heavy atom. The highest BCUT2D eigenvalue weighted by Gasteiger charge is 2.34. The van der Waals surface area contributed by atoms with Crippen molar-refractivity contribution in [2.75, 3.05) is 18.4 Å². The molecule has 0 bridgehead atoms. The molecule has 2 aliphatic rings. The Morgan fingerprint density at radius 1 is 1.11 bits per heavy atom. The number of sulfonamides is 1. The fourth-order valence-corrected chi connectivity index (χ4v) is 4.71. The molecule has 2 aromatic carbocycles. The van der Waals surface area contributed by atoms with Crippen LogP contribution < -0.4 is 5.32 Å². The number of hydrogen-bond donors (Lipinski definition) is 1. The lowest BCUT2D eigenvalue weighted by molar-refractivity contribution is -0.120. The van der Waals surface area contributed by atoms with E-state index in [9.17, 15) is 17.6 Å². The van der Waals surface area contributed by atoms with Gasteiger partial charge in [0.05, 0.1) is 0 Å². The molecule has 1 amide bonds. The number of carbonyl (C=O) groups is 1. The molecule has 0 spiro atoms. The summed E-state index contributed by atoms with van der Waals surface area (Å²) in [6.07, 6.45) is 1.14. The van der Waals surface area contributed by atoms with Gasteiger partial charge in [-0.15, -0.1) is 4.40 Å². The molecule has 6 nitrogen and oxygen atoms in total. The van der Waals surface area contributed by atoms with Crippen LogP contribution in [0, 0.1) is 11.7 Å². The minimum absolute atomic E-state index is 0.151. The van der Waals surface area contributed by atoms with Crippen LogP contribution in [0.15, 0.2) is 57.8 Å². The van der Waals surface area contributed by atoms with E-state index < -0.39 is 15.8 Å². The van der Waals surface area contributed by atoms with E-state index in [-0.39, 0.29) is 16.7 Å². The molecule has 0 atom stereocenters. The van der Waals surface area contributed by atoms with E-state index in [1.807, 2.05) is 4.90 Å². The minimum Gasteiger partial charge on any atom is -0.355 e. The standard InChI is InChI=1S/C19H18FN3O3S/c20-14-4-3-5-15(12-14)21-19(24)13-8-10-23(11-9-13)18-16-6-1-2-7-17(16)27(25,26)22-18/h1-7,12-13H,8-11H2,(H,21,24). The molecule has 8 heteroatoms. The number of amides is 1. The highest BCUT2D eigenvalue weighted by molar-refractivity contribution is 7.90. The highest BCUT2D eigenvalue weighted by Crippen LogP contribution is 2.30. The number of rotatable bonds is 2. The first kappa shape index (κ1) is 17.7. The molecular formula is C19H18FN3O3S. The van der Waals surface area contributed by atoms with Crippen molar-refractivity contribution in [3.63, 3.8) is 0 Å². The van der Waals surface area contributed by atoms with E-state index >= 15 is 0 Å². The quantitative estimate of drug-likeness (QED) is 0.859. The maximum absolute atomic E-state index is 13.2. The van der Waals surface area contributed by atoms with Crippen molar-refractivity contribution in [2.45, 2.75) is 17.7 Å². The van der Waals surface area contributed by atoms with Gasteiger partial charge < -0.3 is 10.2 Å². The SMILES string of the molecule is O=C(Nc1cccc(F)c1)C1CCN(C2=NS(=O)(=O)c3ccccc32)CC1. The van der Waals surface area contributed by atoms with E-state index in [1.54, 1.807) is 36.4 Å². The number of nitrogens with zero attached hydrogens (tertiary/aromatic N) is 2. The highest BCUT2D eigenvalue weighted by atomic mass is 32.2. The van der Waals surface area contributed by atoms with E-state index in [1.165, 1.54) is 12.1 Å². The Bertz CT molecular complexity index is 1030. The average molecular weight is 387 g/mol. The van der Waals surface area contributed by atoms with Crippen molar-refractivity contribution in [2.24, 2.45) is 10.3 Å². The van der Waals surface area contributed by atoms with Crippen LogP contribution in [0.1, 0.15) is 18.4 Å². The number of amidine groups is 1. The molecule has 27 heavy (non-hydrogen) atoms. The molecule has 2 aliphatic heterocycles. The molecule has 2 heterocycles. The predicted octanol–water partition coefficient (Wildman–Crippen LogP) is 2.63. The third kappa shape index (κ3) is 3.44. The first-order valence-corrected chi connectivity index (χ1v) is 10.1. The number of likely N-dealkylation sites (tertiary alicyclic amines) is 1.